The molecule has 0 saturated heterocycles. The molecule has 9 heterocycles. The van der Waals surface area contributed by atoms with Crippen LogP contribution in [0.5, 0.6) is 0 Å². The Bertz CT molecular complexity index is 2220. The van der Waals surface area contributed by atoms with Crippen molar-refractivity contribution in [3.8, 4) is 0 Å². The van der Waals surface area contributed by atoms with Crippen molar-refractivity contribution in [2.45, 2.75) is 181 Å². The Morgan fingerprint density at radius 2 is 1.12 bits per heavy atom. The third kappa shape index (κ3) is 33.7. The highest BCUT2D eigenvalue weighted by Crippen LogP contribution is 2.21. The molecule has 80 heavy (non-hydrogen) atoms. The topological polar surface area (TPSA) is 128 Å². The summed E-state index contributed by atoms with van der Waals surface area (Å²) in [4.78, 5) is 22.0. The Morgan fingerprint density at radius 1 is 0.525 bits per heavy atom. The van der Waals surface area contributed by atoms with Crippen LogP contribution in [-0.4, -0.2) is 59.2 Å². The van der Waals surface area contributed by atoms with Gasteiger partial charge < -0.3 is 13.3 Å². The second-order valence-electron chi connectivity index (χ2n) is 22.4. The van der Waals surface area contributed by atoms with E-state index in [1.165, 1.54) is 33.9 Å². The lowest BCUT2D eigenvalue weighted by atomic mass is 10.0. The lowest BCUT2D eigenvalue weighted by Gasteiger charge is -2.02. The highest BCUT2D eigenvalue weighted by Gasteiger charge is 2.06. The van der Waals surface area contributed by atoms with E-state index in [1.54, 1.807) is 47.4 Å². The van der Waals surface area contributed by atoms with Gasteiger partial charge in [-0.1, -0.05) is 193 Å². The number of hydrogen-bond donors (Lipinski definition) is 0. The van der Waals surface area contributed by atoms with Crippen molar-refractivity contribution in [2.24, 2.45) is 49.6 Å². The zero-order valence-electron chi connectivity index (χ0n) is 52.8. The number of aromatic nitrogens is 3. The molecule has 0 atom stereocenters. The molecule has 1 aliphatic carbocycles. The Kier molecular flexibility index (Phi) is 38.8. The van der Waals surface area contributed by atoms with E-state index < -0.39 is 0 Å². The first kappa shape index (κ1) is 72.2. The maximum atomic E-state index is 5.09. The van der Waals surface area contributed by atoms with E-state index in [1.807, 2.05) is 68.1 Å². The monoisotopic (exact) mass is 1130 g/mol. The van der Waals surface area contributed by atoms with Crippen molar-refractivity contribution >= 4 is 47.0 Å². The third-order valence-corrected chi connectivity index (χ3v) is 14.1. The van der Waals surface area contributed by atoms with Gasteiger partial charge in [0, 0.05) is 65.0 Å². The van der Waals surface area contributed by atoms with Crippen molar-refractivity contribution in [3.05, 3.63) is 171 Å². The number of rotatable bonds is 10. The molecule has 5 aromatic heterocycles. The molecule has 0 aromatic carbocycles. The summed E-state index contributed by atoms with van der Waals surface area (Å²) in [6.07, 6.45) is 32.0. The molecular formula is C68H103N7O3S2. The van der Waals surface area contributed by atoms with E-state index in [-0.39, 0.29) is 0 Å². The van der Waals surface area contributed by atoms with Gasteiger partial charge in [0.05, 0.1) is 38.4 Å². The summed E-state index contributed by atoms with van der Waals surface area (Å²) in [5, 5.41) is 10.8. The fourth-order valence-electron chi connectivity index (χ4n) is 6.74. The van der Waals surface area contributed by atoms with Crippen molar-refractivity contribution in [1.29, 1.82) is 0 Å². The molecule has 0 saturated carbocycles. The number of furan rings is 2. The highest BCUT2D eigenvalue weighted by molar-refractivity contribution is 7.10. The minimum absolute atomic E-state index is 0.407. The SMILES string of the molecule is CC(C)C1=CC=CC1.CC(C)C1=CCC=N1.CC(C)C1=CCN=C1.CC(C)C1=CCN=C1.CC(C)C1=NCC=C1.CC(C)c1ccco1.CC(C)c1ccco1.CC(C)c1cccs1.CC(C)c1ncco1.CC(C)c1nncs1. The predicted octanol–water partition coefficient (Wildman–Crippen LogP) is 20.6. The molecule has 5 aliphatic rings. The van der Waals surface area contributed by atoms with Crippen molar-refractivity contribution in [1.82, 2.24) is 15.2 Å². The highest BCUT2D eigenvalue weighted by atomic mass is 32.1. The number of hydrogen-bond acceptors (Lipinski definition) is 12. The number of oxazole rings is 1. The van der Waals surface area contributed by atoms with E-state index in [0.29, 0.717) is 53.3 Å². The van der Waals surface area contributed by atoms with Crippen molar-refractivity contribution < 1.29 is 13.3 Å². The normalized spacial score (nSPS) is 14.0. The fraction of sp³-hybridized carbons (Fsp3) is 0.515. The molecule has 12 heteroatoms. The van der Waals surface area contributed by atoms with Crippen molar-refractivity contribution in [3.63, 3.8) is 0 Å². The first-order valence-corrected chi connectivity index (χ1v) is 30.7. The van der Waals surface area contributed by atoms with Crippen LogP contribution in [-0.2, 0) is 0 Å². The molecule has 0 bridgehead atoms. The average Bonchev–Trinajstić information content (AvgIpc) is 4.28. The van der Waals surface area contributed by atoms with Gasteiger partial charge >= 0.3 is 0 Å². The lowest BCUT2D eigenvalue weighted by Crippen LogP contribution is -2.00. The van der Waals surface area contributed by atoms with Gasteiger partial charge in [-0.25, -0.2) is 4.98 Å². The third-order valence-electron chi connectivity index (χ3n) is 11.9. The van der Waals surface area contributed by atoms with E-state index in [4.69, 9.17) is 13.3 Å². The van der Waals surface area contributed by atoms with Gasteiger partial charge in [-0.05, 0) is 94.9 Å². The second-order valence-corrected chi connectivity index (χ2v) is 24.2. The van der Waals surface area contributed by atoms with Crippen LogP contribution in [0.15, 0.2) is 177 Å². The maximum Gasteiger partial charge on any atom is 0.196 e. The minimum Gasteiger partial charge on any atom is -0.469 e. The number of thiophene rings is 1. The minimum atomic E-state index is 0.407. The Morgan fingerprint density at radius 3 is 1.32 bits per heavy atom. The van der Waals surface area contributed by atoms with Crippen LogP contribution in [0.2, 0.25) is 0 Å². The molecule has 440 valence electrons. The maximum absolute atomic E-state index is 5.09. The van der Waals surface area contributed by atoms with Crippen LogP contribution < -0.4 is 0 Å². The number of aliphatic imine (C=N–C) groups is 4. The number of allylic oxidation sites excluding steroid dienone is 9. The van der Waals surface area contributed by atoms with Gasteiger partial charge in [0.1, 0.15) is 28.3 Å². The predicted molar refractivity (Wildman–Crippen MR) is 350 cm³/mol. The van der Waals surface area contributed by atoms with Gasteiger partial charge in [-0.2, -0.15) is 0 Å². The number of nitrogens with zero attached hydrogens (tertiary/aromatic N) is 7. The second kappa shape index (κ2) is 43.0. The van der Waals surface area contributed by atoms with E-state index in [9.17, 15) is 0 Å². The van der Waals surface area contributed by atoms with E-state index >= 15 is 0 Å². The van der Waals surface area contributed by atoms with Gasteiger partial charge in [0.25, 0.3) is 0 Å². The molecule has 10 nitrogen and oxygen atoms in total. The van der Waals surface area contributed by atoms with Gasteiger partial charge in [-0.3, -0.25) is 20.0 Å². The van der Waals surface area contributed by atoms with E-state index in [0.717, 1.165) is 54.4 Å². The first-order valence-electron chi connectivity index (χ1n) is 29.0. The summed E-state index contributed by atoms with van der Waals surface area (Å²) in [6, 6.07) is 12.1. The Balaban J connectivity index is 0.000000444. The summed E-state index contributed by atoms with van der Waals surface area (Å²) in [6.45, 7) is 45.7. The molecule has 0 radical (unpaired) electrons. The molecule has 0 N–H and O–H groups in total. The zero-order chi connectivity index (χ0) is 59.8. The lowest BCUT2D eigenvalue weighted by molar-refractivity contribution is 0.471. The largest absolute Gasteiger partial charge is 0.469 e. The average molecular weight is 1130 g/mol. The van der Waals surface area contributed by atoms with Crippen LogP contribution in [0.25, 0.3) is 0 Å². The molecule has 0 unspecified atom stereocenters. The molecular weight excluding hydrogens is 1030 g/mol. The Hall–Kier alpha value is -5.85. The molecule has 4 aliphatic heterocycles. The van der Waals surface area contributed by atoms with Gasteiger partial charge in [-0.15, -0.1) is 32.9 Å². The molecule has 0 amide bonds. The summed E-state index contributed by atoms with van der Waals surface area (Å²) in [5.74, 6) is 8.87. The zero-order valence-corrected chi connectivity index (χ0v) is 54.4. The fourth-order valence-corrected chi connectivity index (χ4v) is 8.05. The van der Waals surface area contributed by atoms with Crippen LogP contribution in [0.3, 0.4) is 0 Å². The van der Waals surface area contributed by atoms with E-state index in [2.05, 4.69) is 226 Å². The van der Waals surface area contributed by atoms with Crippen LogP contribution >= 0.6 is 22.7 Å². The quantitative estimate of drug-likeness (QED) is 0.137. The Labute approximate surface area is 493 Å². The van der Waals surface area contributed by atoms with Crippen LogP contribution in [0.1, 0.15) is 208 Å². The molecule has 0 fully saturated rings. The summed E-state index contributed by atoms with van der Waals surface area (Å²) < 4.78 is 15.2. The summed E-state index contributed by atoms with van der Waals surface area (Å²) in [7, 11) is 0. The standard InChI is InChI=1S/C8H12.4C7H11N.2C7H10O.C7H10S.C6H9NO.C5H8N2S/c1-7(2)8-5-3-4-6-8;2*1-6(2)7-3-4-8-5-7;5*1-6(2)7-4-3-5-8-7;1-5(2)6-7-3-4-8-6;1-4(2)5-7-6-3-8-5/h3-5,7H,6H2,1-2H3;2*3,5-6H,4H2,1-2H3;4-6H,3H2,1-2H3;3-4,6H,5H2,1-2H3;3*3-6H,1-2H3;3-5H,1-2H3;3-4H,1-2H3. The first-order chi connectivity index (χ1) is 38.0. The molecule has 10 rings (SSSR count). The molecule has 5 aromatic rings. The van der Waals surface area contributed by atoms with Crippen LogP contribution in [0, 0.1) is 29.6 Å². The van der Waals surface area contributed by atoms with Gasteiger partial charge in [0.15, 0.2) is 5.89 Å². The van der Waals surface area contributed by atoms with Crippen molar-refractivity contribution in [2.75, 3.05) is 19.6 Å². The summed E-state index contributed by atoms with van der Waals surface area (Å²) >= 11 is 3.44. The smallest absolute Gasteiger partial charge is 0.196 e. The van der Waals surface area contributed by atoms with Gasteiger partial charge in [0.2, 0.25) is 0 Å². The molecule has 0 spiro atoms. The summed E-state index contributed by atoms with van der Waals surface area (Å²) in [5.41, 5.74) is 8.56. The van der Waals surface area contributed by atoms with Crippen LogP contribution in [0.4, 0.5) is 0 Å².